The highest BCUT2D eigenvalue weighted by molar-refractivity contribution is 5.86. The van der Waals surface area contributed by atoms with Crippen molar-refractivity contribution in [3.63, 3.8) is 0 Å². The molecule has 3 aromatic carbocycles. The number of hydrogen-bond donors (Lipinski definition) is 2. The molecule has 0 aliphatic heterocycles. The Labute approximate surface area is 180 Å². The number of carbonyl (C=O) groups excluding carboxylic acids is 1. The minimum atomic E-state index is 0.140. The lowest BCUT2D eigenvalue weighted by molar-refractivity contribution is -0.130. The minimum Gasteiger partial charge on any atom is -0.355 e. The first-order valence-electron chi connectivity index (χ1n) is 10.5. The van der Waals surface area contributed by atoms with Crippen molar-refractivity contribution < 1.29 is 4.79 Å². The summed E-state index contributed by atoms with van der Waals surface area (Å²) in [6, 6.07) is 25.0. The number of H-pyrrole nitrogens is 2. The van der Waals surface area contributed by atoms with Gasteiger partial charge in [-0.2, -0.15) is 5.10 Å². The number of aromatic amines is 2. The lowest BCUT2D eigenvalue weighted by Crippen LogP contribution is -2.26. The molecule has 0 unspecified atom stereocenters. The molecule has 2 N–H and O–H groups in total. The molecule has 5 nitrogen and oxygen atoms in total. The van der Waals surface area contributed by atoms with Gasteiger partial charge >= 0.3 is 0 Å². The van der Waals surface area contributed by atoms with Crippen molar-refractivity contribution in [1.29, 1.82) is 0 Å². The van der Waals surface area contributed by atoms with Gasteiger partial charge in [0.05, 0.1) is 11.7 Å². The fourth-order valence-corrected chi connectivity index (χ4v) is 4.01. The van der Waals surface area contributed by atoms with Crippen molar-refractivity contribution in [1.82, 2.24) is 20.1 Å². The molecule has 0 saturated carbocycles. The van der Waals surface area contributed by atoms with E-state index in [1.54, 1.807) is 11.1 Å². The summed E-state index contributed by atoms with van der Waals surface area (Å²) in [4.78, 5) is 18.0. The van der Waals surface area contributed by atoms with Crippen LogP contribution in [0.2, 0.25) is 0 Å². The summed E-state index contributed by atoms with van der Waals surface area (Å²) in [7, 11) is 1.86. The van der Waals surface area contributed by atoms with Crippen LogP contribution in [-0.4, -0.2) is 33.0 Å². The number of carbonyl (C=O) groups is 1. The third kappa shape index (κ3) is 4.08. The van der Waals surface area contributed by atoms with Gasteiger partial charge < -0.3 is 9.88 Å². The Morgan fingerprint density at radius 3 is 2.71 bits per heavy atom. The van der Waals surface area contributed by atoms with Crippen molar-refractivity contribution in [2.24, 2.45) is 0 Å². The minimum absolute atomic E-state index is 0.140. The third-order valence-corrected chi connectivity index (χ3v) is 5.75. The number of nitrogens with zero attached hydrogens (tertiary/aromatic N) is 2. The fourth-order valence-electron chi connectivity index (χ4n) is 4.01. The second kappa shape index (κ2) is 8.11. The van der Waals surface area contributed by atoms with Crippen LogP contribution in [-0.2, 0) is 17.8 Å². The van der Waals surface area contributed by atoms with Crippen LogP contribution < -0.4 is 0 Å². The summed E-state index contributed by atoms with van der Waals surface area (Å²) in [6.07, 6.45) is 3.01. The van der Waals surface area contributed by atoms with Crippen LogP contribution in [0, 0.1) is 0 Å². The topological polar surface area (TPSA) is 64.8 Å². The second-order valence-corrected chi connectivity index (χ2v) is 8.01. The van der Waals surface area contributed by atoms with Gasteiger partial charge in [0.1, 0.15) is 0 Å². The molecule has 0 bridgehead atoms. The Morgan fingerprint density at radius 1 is 0.903 bits per heavy atom. The average molecular weight is 409 g/mol. The maximum Gasteiger partial charge on any atom is 0.222 e. The number of fused-ring (bicyclic) bond motifs is 2. The van der Waals surface area contributed by atoms with Crippen LogP contribution in [0.3, 0.4) is 0 Å². The predicted molar refractivity (Wildman–Crippen MR) is 125 cm³/mol. The molecule has 2 aromatic heterocycles. The monoisotopic (exact) mass is 408 g/mol. The summed E-state index contributed by atoms with van der Waals surface area (Å²) < 4.78 is 0. The van der Waals surface area contributed by atoms with Gasteiger partial charge in [-0.25, -0.2) is 0 Å². The molecule has 0 fully saturated rings. The van der Waals surface area contributed by atoms with Gasteiger partial charge in [0.25, 0.3) is 0 Å². The third-order valence-electron chi connectivity index (χ3n) is 5.75. The number of amides is 1. The standard InChI is InChI=1S/C26H24N4O/c1-30(17-19-9-11-22-16-27-29-25(22)14-19)26(31)12-10-18-5-4-7-20(13-18)24-15-21-6-2-3-8-23(21)28-24/h2-9,11,13-16,28H,10,12,17H2,1H3,(H,27,29). The zero-order valence-corrected chi connectivity index (χ0v) is 17.4. The number of para-hydroxylation sites is 1. The molecule has 154 valence electrons. The van der Waals surface area contributed by atoms with Gasteiger partial charge in [-0.3, -0.25) is 9.89 Å². The van der Waals surface area contributed by atoms with Crippen LogP contribution in [0.4, 0.5) is 0 Å². The largest absolute Gasteiger partial charge is 0.355 e. The van der Waals surface area contributed by atoms with E-state index in [0.717, 1.165) is 45.2 Å². The average Bonchev–Trinajstić information content (AvgIpc) is 3.44. The van der Waals surface area contributed by atoms with E-state index < -0.39 is 0 Å². The number of hydrogen-bond acceptors (Lipinski definition) is 2. The Bertz CT molecular complexity index is 1330. The van der Waals surface area contributed by atoms with Crippen LogP contribution in [0.1, 0.15) is 17.5 Å². The normalized spacial score (nSPS) is 11.3. The quantitative estimate of drug-likeness (QED) is 0.400. The molecule has 2 heterocycles. The first-order valence-corrected chi connectivity index (χ1v) is 10.5. The summed E-state index contributed by atoms with van der Waals surface area (Å²) in [6.45, 7) is 0.586. The van der Waals surface area contributed by atoms with Gasteiger partial charge in [-0.1, -0.05) is 48.5 Å². The van der Waals surface area contributed by atoms with Crippen LogP contribution >= 0.6 is 0 Å². The molecule has 0 spiro atoms. The molecule has 5 rings (SSSR count). The zero-order valence-electron chi connectivity index (χ0n) is 17.4. The van der Waals surface area contributed by atoms with Gasteiger partial charge in [0.15, 0.2) is 0 Å². The molecule has 0 aliphatic carbocycles. The first kappa shape index (κ1) is 19.1. The molecule has 5 aromatic rings. The highest BCUT2D eigenvalue weighted by Crippen LogP contribution is 2.25. The number of benzene rings is 3. The molecule has 31 heavy (non-hydrogen) atoms. The van der Waals surface area contributed by atoms with Crippen molar-refractivity contribution >= 4 is 27.7 Å². The van der Waals surface area contributed by atoms with Gasteiger partial charge in [-0.15, -0.1) is 0 Å². The van der Waals surface area contributed by atoms with Gasteiger partial charge in [0, 0.05) is 42.0 Å². The molecule has 0 atom stereocenters. The zero-order chi connectivity index (χ0) is 21.2. The summed E-state index contributed by atoms with van der Waals surface area (Å²) in [5, 5.41) is 9.31. The highest BCUT2D eigenvalue weighted by Gasteiger charge is 2.11. The van der Waals surface area contributed by atoms with Gasteiger partial charge in [0.2, 0.25) is 5.91 Å². The van der Waals surface area contributed by atoms with Gasteiger partial charge in [-0.05, 0) is 47.4 Å². The fraction of sp³-hybridized carbons (Fsp3) is 0.154. The lowest BCUT2D eigenvalue weighted by atomic mass is 10.0. The number of nitrogens with one attached hydrogen (secondary N) is 2. The smallest absolute Gasteiger partial charge is 0.222 e. The van der Waals surface area contributed by atoms with E-state index in [1.165, 1.54) is 5.39 Å². The van der Waals surface area contributed by atoms with E-state index in [9.17, 15) is 4.79 Å². The maximum absolute atomic E-state index is 12.7. The number of aromatic nitrogens is 3. The van der Waals surface area contributed by atoms with Crippen molar-refractivity contribution in [3.8, 4) is 11.3 Å². The molecule has 0 saturated heterocycles. The second-order valence-electron chi connectivity index (χ2n) is 8.01. The SMILES string of the molecule is CN(Cc1ccc2cn[nH]c2c1)C(=O)CCc1cccc(-c2cc3ccccc3[nH]2)c1. The van der Waals surface area contributed by atoms with Crippen LogP contribution in [0.25, 0.3) is 33.1 Å². The number of aryl methyl sites for hydroxylation is 1. The Kier molecular flexibility index (Phi) is 5.00. The van der Waals surface area contributed by atoms with E-state index in [4.69, 9.17) is 0 Å². The summed E-state index contributed by atoms with van der Waals surface area (Å²) in [5.74, 6) is 0.140. The molecule has 1 amide bonds. The van der Waals surface area contributed by atoms with Crippen LogP contribution in [0.15, 0.2) is 79.0 Å². The van der Waals surface area contributed by atoms with Crippen LogP contribution in [0.5, 0.6) is 0 Å². The van der Waals surface area contributed by atoms with E-state index in [2.05, 4.69) is 63.7 Å². The van der Waals surface area contributed by atoms with E-state index >= 15 is 0 Å². The Morgan fingerprint density at radius 2 is 1.81 bits per heavy atom. The molecular weight excluding hydrogens is 384 g/mol. The highest BCUT2D eigenvalue weighted by atomic mass is 16.2. The Balaban J connectivity index is 1.23. The van der Waals surface area contributed by atoms with Crippen molar-refractivity contribution in [2.75, 3.05) is 7.05 Å². The molecule has 0 radical (unpaired) electrons. The summed E-state index contributed by atoms with van der Waals surface area (Å²) in [5.41, 5.74) is 6.62. The Hall–Kier alpha value is -3.86. The van der Waals surface area contributed by atoms with E-state index in [-0.39, 0.29) is 5.91 Å². The maximum atomic E-state index is 12.7. The van der Waals surface area contributed by atoms with E-state index in [0.29, 0.717) is 13.0 Å². The summed E-state index contributed by atoms with van der Waals surface area (Å²) >= 11 is 0. The van der Waals surface area contributed by atoms with E-state index in [1.807, 2.05) is 31.3 Å². The molecule has 5 heteroatoms. The molecule has 0 aliphatic rings. The lowest BCUT2D eigenvalue weighted by Gasteiger charge is -2.17. The first-order chi connectivity index (χ1) is 15.2. The number of rotatable bonds is 6. The van der Waals surface area contributed by atoms with Crippen molar-refractivity contribution in [2.45, 2.75) is 19.4 Å². The van der Waals surface area contributed by atoms with Crippen molar-refractivity contribution in [3.05, 3.63) is 90.1 Å². The predicted octanol–water partition coefficient (Wildman–Crippen LogP) is 5.30. The molecular formula is C26H24N4O.